The predicted molar refractivity (Wildman–Crippen MR) is 117 cm³/mol. The van der Waals surface area contributed by atoms with Crippen molar-refractivity contribution >= 4 is 29.0 Å². The number of para-hydroxylation sites is 1. The number of hydrogen-bond acceptors (Lipinski definition) is 5. The first-order chi connectivity index (χ1) is 13.6. The Bertz CT molecular complexity index is 840. The van der Waals surface area contributed by atoms with Crippen molar-refractivity contribution in [3.63, 3.8) is 0 Å². The summed E-state index contributed by atoms with van der Waals surface area (Å²) in [6, 6.07) is 7.50. The second-order valence-electron chi connectivity index (χ2n) is 8.21. The van der Waals surface area contributed by atoms with Crippen LogP contribution < -0.4 is 5.32 Å². The highest BCUT2D eigenvalue weighted by Gasteiger charge is 2.22. The van der Waals surface area contributed by atoms with Crippen LogP contribution in [0.3, 0.4) is 0 Å². The number of carbonyl (C=O) groups excluding carboxylic acids is 2. The molecule has 0 saturated heterocycles. The van der Waals surface area contributed by atoms with Crippen molar-refractivity contribution in [2.45, 2.75) is 66.0 Å². The number of carbonyl (C=O) groups is 2. The van der Waals surface area contributed by atoms with Gasteiger partial charge in [-0.25, -0.2) is 9.78 Å². The van der Waals surface area contributed by atoms with E-state index >= 15 is 0 Å². The summed E-state index contributed by atoms with van der Waals surface area (Å²) in [6.45, 7) is 12.5. The molecule has 158 valence electrons. The second kappa shape index (κ2) is 9.87. The Morgan fingerprint density at radius 1 is 1.24 bits per heavy atom. The van der Waals surface area contributed by atoms with E-state index in [1.54, 1.807) is 16.2 Å². The molecule has 0 bridgehead atoms. The van der Waals surface area contributed by atoms with E-state index in [1.807, 2.05) is 57.3 Å². The van der Waals surface area contributed by atoms with Crippen molar-refractivity contribution < 1.29 is 14.3 Å². The maximum absolute atomic E-state index is 12.5. The summed E-state index contributed by atoms with van der Waals surface area (Å²) in [5.74, 6) is 0.226. The zero-order valence-corrected chi connectivity index (χ0v) is 18.9. The van der Waals surface area contributed by atoms with Gasteiger partial charge in [0.1, 0.15) is 5.60 Å². The molecule has 0 saturated carbocycles. The molecule has 1 N–H and O–H groups in total. The Kier molecular flexibility index (Phi) is 7.79. The van der Waals surface area contributed by atoms with E-state index < -0.39 is 5.60 Å². The van der Waals surface area contributed by atoms with E-state index in [-0.39, 0.29) is 18.4 Å². The van der Waals surface area contributed by atoms with Crippen molar-refractivity contribution in [2.24, 2.45) is 0 Å². The lowest BCUT2D eigenvalue weighted by atomic mass is 10.1. The fourth-order valence-corrected chi connectivity index (χ4v) is 3.48. The molecule has 1 heterocycles. The summed E-state index contributed by atoms with van der Waals surface area (Å²) >= 11 is 1.58. The van der Waals surface area contributed by atoms with Crippen molar-refractivity contribution in [1.82, 2.24) is 9.88 Å². The molecule has 0 atom stereocenters. The van der Waals surface area contributed by atoms with Crippen molar-refractivity contribution in [3.05, 3.63) is 45.9 Å². The van der Waals surface area contributed by atoms with Gasteiger partial charge in [0, 0.05) is 23.5 Å². The third-order valence-electron chi connectivity index (χ3n) is 4.09. The quantitative estimate of drug-likeness (QED) is 0.672. The van der Waals surface area contributed by atoms with Crippen LogP contribution in [0.1, 0.15) is 63.7 Å². The Labute approximate surface area is 177 Å². The van der Waals surface area contributed by atoms with Crippen LogP contribution in [0.25, 0.3) is 0 Å². The standard InChI is InChI=1S/C22H31N3O3S/c1-7-25(21(27)28-22(4,5)6)13-16-10-8-9-11-18(16)24-19(26)12-17-14-29-20(23-17)15(2)3/h8-11,14-15H,7,12-13H2,1-6H3,(H,24,26). The molecule has 0 aliphatic carbocycles. The van der Waals surface area contributed by atoms with Crippen LogP contribution in [0.5, 0.6) is 0 Å². The summed E-state index contributed by atoms with van der Waals surface area (Å²) in [5, 5.41) is 5.93. The SMILES string of the molecule is CCN(Cc1ccccc1NC(=O)Cc1csc(C(C)C)n1)C(=O)OC(C)(C)C. The fourth-order valence-electron chi connectivity index (χ4n) is 2.65. The van der Waals surface area contributed by atoms with Gasteiger partial charge < -0.3 is 15.0 Å². The number of hydrogen-bond donors (Lipinski definition) is 1. The molecule has 6 nitrogen and oxygen atoms in total. The Balaban J connectivity index is 2.06. The monoisotopic (exact) mass is 417 g/mol. The molecule has 0 unspecified atom stereocenters. The van der Waals surface area contributed by atoms with Gasteiger partial charge >= 0.3 is 6.09 Å². The van der Waals surface area contributed by atoms with Crippen LogP contribution in [-0.4, -0.2) is 34.0 Å². The smallest absolute Gasteiger partial charge is 0.410 e. The molecule has 29 heavy (non-hydrogen) atoms. The average Bonchev–Trinajstić information content (AvgIpc) is 3.08. The molecule has 2 rings (SSSR count). The molecule has 0 spiro atoms. The third kappa shape index (κ3) is 7.16. The lowest BCUT2D eigenvalue weighted by Crippen LogP contribution is -2.36. The van der Waals surface area contributed by atoms with E-state index in [0.29, 0.717) is 24.7 Å². The Hall–Kier alpha value is -2.41. The summed E-state index contributed by atoms with van der Waals surface area (Å²) in [5.41, 5.74) is 1.77. The predicted octanol–water partition coefficient (Wildman–Crippen LogP) is 5.20. The largest absolute Gasteiger partial charge is 0.444 e. The zero-order valence-electron chi connectivity index (χ0n) is 18.1. The van der Waals surface area contributed by atoms with Gasteiger partial charge in [-0.2, -0.15) is 0 Å². The molecule has 1 aromatic carbocycles. The summed E-state index contributed by atoms with van der Waals surface area (Å²) in [6.07, 6.45) is -0.147. The molecule has 0 aliphatic rings. The highest BCUT2D eigenvalue weighted by Crippen LogP contribution is 2.21. The average molecular weight is 418 g/mol. The minimum Gasteiger partial charge on any atom is -0.444 e. The van der Waals surface area contributed by atoms with Gasteiger partial charge in [0.05, 0.1) is 23.7 Å². The Morgan fingerprint density at radius 3 is 2.52 bits per heavy atom. The summed E-state index contributed by atoms with van der Waals surface area (Å²) < 4.78 is 5.48. The topological polar surface area (TPSA) is 71.5 Å². The minimum atomic E-state index is -0.555. The number of rotatable bonds is 7. The van der Waals surface area contributed by atoms with Gasteiger partial charge in [0.15, 0.2) is 0 Å². The third-order valence-corrected chi connectivity index (χ3v) is 5.29. The van der Waals surface area contributed by atoms with Gasteiger partial charge in [-0.05, 0) is 39.3 Å². The maximum Gasteiger partial charge on any atom is 0.410 e. The van der Waals surface area contributed by atoms with E-state index in [1.165, 1.54) is 0 Å². The van der Waals surface area contributed by atoms with E-state index in [4.69, 9.17) is 4.74 Å². The Morgan fingerprint density at radius 2 is 1.93 bits per heavy atom. The second-order valence-corrected chi connectivity index (χ2v) is 9.10. The number of aromatic nitrogens is 1. The highest BCUT2D eigenvalue weighted by atomic mass is 32.1. The number of anilines is 1. The van der Waals surface area contributed by atoms with Crippen LogP contribution in [-0.2, 0) is 22.5 Å². The van der Waals surface area contributed by atoms with Crippen LogP contribution in [0.2, 0.25) is 0 Å². The molecule has 0 aliphatic heterocycles. The van der Waals surface area contributed by atoms with Crippen molar-refractivity contribution in [2.75, 3.05) is 11.9 Å². The van der Waals surface area contributed by atoms with Crippen LogP contribution in [0.4, 0.5) is 10.5 Å². The van der Waals surface area contributed by atoms with Gasteiger partial charge in [-0.3, -0.25) is 4.79 Å². The number of benzene rings is 1. The first kappa shape index (κ1) is 22.9. The maximum atomic E-state index is 12.5. The molecule has 2 aromatic rings. The number of ether oxygens (including phenoxy) is 1. The lowest BCUT2D eigenvalue weighted by Gasteiger charge is -2.27. The molecule has 1 aromatic heterocycles. The zero-order chi connectivity index (χ0) is 21.6. The number of amides is 2. The normalized spacial score (nSPS) is 11.4. The minimum absolute atomic E-state index is 0.127. The molecule has 0 radical (unpaired) electrons. The fraction of sp³-hybridized carbons (Fsp3) is 0.500. The van der Waals surface area contributed by atoms with Crippen LogP contribution in [0, 0.1) is 0 Å². The van der Waals surface area contributed by atoms with Gasteiger partial charge in [-0.1, -0.05) is 32.0 Å². The van der Waals surface area contributed by atoms with E-state index in [2.05, 4.69) is 24.1 Å². The van der Waals surface area contributed by atoms with Gasteiger partial charge in [0.25, 0.3) is 0 Å². The van der Waals surface area contributed by atoms with E-state index in [0.717, 1.165) is 16.3 Å². The number of nitrogens with one attached hydrogen (secondary N) is 1. The molecular weight excluding hydrogens is 386 g/mol. The van der Waals surface area contributed by atoms with Crippen LogP contribution in [0.15, 0.2) is 29.6 Å². The van der Waals surface area contributed by atoms with Crippen molar-refractivity contribution in [3.8, 4) is 0 Å². The van der Waals surface area contributed by atoms with Gasteiger partial charge in [-0.15, -0.1) is 11.3 Å². The summed E-state index contributed by atoms with van der Waals surface area (Å²) in [7, 11) is 0. The molecule has 0 fully saturated rings. The summed E-state index contributed by atoms with van der Waals surface area (Å²) in [4.78, 5) is 31.1. The molecule has 2 amide bonds. The van der Waals surface area contributed by atoms with Crippen molar-refractivity contribution in [1.29, 1.82) is 0 Å². The van der Waals surface area contributed by atoms with Gasteiger partial charge in [0.2, 0.25) is 5.91 Å². The molecular formula is C22H31N3O3S. The first-order valence-electron chi connectivity index (χ1n) is 9.89. The number of nitrogens with zero attached hydrogens (tertiary/aromatic N) is 2. The van der Waals surface area contributed by atoms with Crippen LogP contribution >= 0.6 is 11.3 Å². The molecule has 7 heteroatoms. The van der Waals surface area contributed by atoms with E-state index in [9.17, 15) is 9.59 Å². The lowest BCUT2D eigenvalue weighted by molar-refractivity contribution is -0.115. The first-order valence-corrected chi connectivity index (χ1v) is 10.8. The highest BCUT2D eigenvalue weighted by molar-refractivity contribution is 7.09. The number of thiazole rings is 1.